The third kappa shape index (κ3) is 9.32. The Hall–Kier alpha value is -1.44. The van der Waals surface area contributed by atoms with Crippen LogP contribution in [0.1, 0.15) is 5.56 Å². The molecule has 1 aromatic rings. The van der Waals surface area contributed by atoms with E-state index in [4.69, 9.17) is 10.3 Å². The Labute approximate surface area is 136 Å². The summed E-state index contributed by atoms with van der Waals surface area (Å²) in [4.78, 5) is 19.8. The fourth-order valence-electron chi connectivity index (χ4n) is 1.89. The van der Waals surface area contributed by atoms with Crippen LogP contribution in [0.25, 0.3) is 0 Å². The second-order valence-corrected chi connectivity index (χ2v) is 7.06. The number of rotatable bonds is 10. The first-order valence-electron chi connectivity index (χ1n) is 7.10. The summed E-state index contributed by atoms with van der Waals surface area (Å²) in [6.07, 6.45) is -0.970. The predicted molar refractivity (Wildman–Crippen MR) is 84.4 cm³/mol. The van der Waals surface area contributed by atoms with E-state index in [-0.39, 0.29) is 19.8 Å². The zero-order chi connectivity index (χ0) is 17.3. The van der Waals surface area contributed by atoms with Gasteiger partial charge >= 0.3 is 13.9 Å². The lowest BCUT2D eigenvalue weighted by Gasteiger charge is -2.29. The van der Waals surface area contributed by atoms with E-state index in [0.29, 0.717) is 11.0 Å². The maximum atomic E-state index is 11.6. The molecule has 0 fully saturated rings. The molecule has 0 bridgehead atoms. The number of amides is 1. The van der Waals surface area contributed by atoms with Crippen molar-refractivity contribution in [1.29, 1.82) is 0 Å². The van der Waals surface area contributed by atoms with Crippen LogP contribution in [-0.4, -0.2) is 55.9 Å². The molecule has 0 saturated carbocycles. The van der Waals surface area contributed by atoms with Crippen LogP contribution >= 0.6 is 7.82 Å². The Morgan fingerprint density at radius 3 is 2.39 bits per heavy atom. The summed E-state index contributed by atoms with van der Waals surface area (Å²) < 4.78 is 26.2. The minimum Gasteiger partial charge on any atom is -0.447 e. The molecule has 1 unspecified atom stereocenters. The van der Waals surface area contributed by atoms with E-state index in [1.165, 1.54) is 5.56 Å². The van der Waals surface area contributed by atoms with Crippen molar-refractivity contribution in [2.45, 2.75) is 6.54 Å². The normalized spacial score (nSPS) is 14.2. The molecule has 0 heterocycles. The van der Waals surface area contributed by atoms with Gasteiger partial charge in [-0.25, -0.2) is 9.36 Å². The molecule has 130 valence electrons. The molecule has 0 aromatic heterocycles. The minimum absolute atomic E-state index is 0.0598. The van der Waals surface area contributed by atoms with Crippen molar-refractivity contribution in [3.63, 3.8) is 0 Å². The van der Waals surface area contributed by atoms with E-state index in [1.54, 1.807) is 0 Å². The van der Waals surface area contributed by atoms with Gasteiger partial charge in [-0.1, -0.05) is 30.3 Å². The molecule has 1 rings (SSSR count). The van der Waals surface area contributed by atoms with Crippen LogP contribution in [0.2, 0.25) is 0 Å². The maximum Gasteiger partial charge on any atom is 0.472 e. The molecule has 0 saturated heterocycles. The highest BCUT2D eigenvalue weighted by molar-refractivity contribution is 7.47. The van der Waals surface area contributed by atoms with Gasteiger partial charge in [0.25, 0.3) is 0 Å². The van der Waals surface area contributed by atoms with Crippen LogP contribution in [0.4, 0.5) is 4.79 Å². The number of primary amides is 1. The number of nitrogens with zero attached hydrogens (tertiary/aromatic N) is 1. The van der Waals surface area contributed by atoms with Crippen LogP contribution in [0, 0.1) is 0 Å². The number of hydrogen-bond acceptors (Lipinski definition) is 5. The minimum atomic E-state index is -4.16. The second kappa shape index (κ2) is 9.00. The van der Waals surface area contributed by atoms with Crippen LogP contribution in [0.15, 0.2) is 30.3 Å². The molecule has 3 N–H and O–H groups in total. The van der Waals surface area contributed by atoms with E-state index in [9.17, 15) is 14.3 Å². The van der Waals surface area contributed by atoms with Gasteiger partial charge in [0.05, 0.1) is 20.7 Å². The fraction of sp³-hybridized carbons (Fsp3) is 0.500. The van der Waals surface area contributed by atoms with Crippen molar-refractivity contribution < 1.29 is 32.5 Å². The van der Waals surface area contributed by atoms with Crippen LogP contribution in [-0.2, 0) is 24.9 Å². The summed E-state index contributed by atoms with van der Waals surface area (Å²) in [5.41, 5.74) is 5.92. The van der Waals surface area contributed by atoms with Gasteiger partial charge in [0, 0.05) is 5.56 Å². The molecular weight excluding hydrogens is 323 g/mol. The van der Waals surface area contributed by atoms with Crippen molar-refractivity contribution in [3.8, 4) is 0 Å². The molecule has 23 heavy (non-hydrogen) atoms. The van der Waals surface area contributed by atoms with Gasteiger partial charge < -0.3 is 19.8 Å². The smallest absolute Gasteiger partial charge is 0.447 e. The summed E-state index contributed by atoms with van der Waals surface area (Å²) in [5, 5.41) is 0. The number of likely N-dealkylation sites (N-methyl/N-ethyl adjacent to an activating group) is 1. The van der Waals surface area contributed by atoms with Gasteiger partial charge in [-0.05, 0) is 0 Å². The summed E-state index contributed by atoms with van der Waals surface area (Å²) in [7, 11) is -0.163. The van der Waals surface area contributed by atoms with Gasteiger partial charge in [0.15, 0.2) is 0 Å². The summed E-state index contributed by atoms with van der Waals surface area (Å²) >= 11 is 0. The monoisotopic (exact) mass is 347 g/mol. The van der Waals surface area contributed by atoms with Crippen molar-refractivity contribution in [3.05, 3.63) is 35.9 Å². The Morgan fingerprint density at radius 2 is 1.78 bits per heavy atom. The standard InChI is InChI=1S/C14H23N2O6P/c1-16(2,12-13-6-4-3-5-7-13)8-9-21-23(18,19)22-11-10-20-14(15)17/h3-7H,8-12H2,1-2H3,(H2-,15,17,18,19)/p+1. The predicted octanol–water partition coefficient (Wildman–Crippen LogP) is 1.49. The first kappa shape index (κ1) is 19.6. The van der Waals surface area contributed by atoms with Gasteiger partial charge in [0.1, 0.15) is 26.3 Å². The number of quaternary nitrogens is 1. The summed E-state index contributed by atoms with van der Waals surface area (Å²) in [6.45, 7) is 0.885. The number of ether oxygens (including phenoxy) is 1. The lowest BCUT2D eigenvalue weighted by molar-refractivity contribution is -0.903. The van der Waals surface area contributed by atoms with Gasteiger partial charge in [-0.15, -0.1) is 0 Å². The van der Waals surface area contributed by atoms with Gasteiger partial charge in [-0.2, -0.15) is 0 Å². The van der Waals surface area contributed by atoms with Crippen LogP contribution in [0.3, 0.4) is 0 Å². The molecule has 8 nitrogen and oxygen atoms in total. The zero-order valence-corrected chi connectivity index (χ0v) is 14.3. The van der Waals surface area contributed by atoms with Crippen LogP contribution in [0.5, 0.6) is 0 Å². The lowest BCUT2D eigenvalue weighted by atomic mass is 10.2. The quantitative estimate of drug-likeness (QED) is 0.377. The van der Waals surface area contributed by atoms with E-state index >= 15 is 0 Å². The molecule has 0 aliphatic carbocycles. The molecular formula is C14H24N2O6P+. The maximum absolute atomic E-state index is 11.6. The molecule has 0 radical (unpaired) electrons. The van der Waals surface area contributed by atoms with E-state index in [2.05, 4.69) is 9.26 Å². The Kier molecular flexibility index (Phi) is 7.67. The molecule has 9 heteroatoms. The average Bonchev–Trinajstić information content (AvgIpc) is 2.43. The number of phosphoric ester groups is 1. The molecule has 0 aliphatic heterocycles. The third-order valence-corrected chi connectivity index (χ3v) is 4.00. The highest BCUT2D eigenvalue weighted by Crippen LogP contribution is 2.42. The molecule has 1 amide bonds. The number of carbonyl (C=O) groups excluding carboxylic acids is 1. The van der Waals surface area contributed by atoms with Crippen molar-refractivity contribution >= 4 is 13.9 Å². The first-order chi connectivity index (χ1) is 10.7. The van der Waals surface area contributed by atoms with Crippen molar-refractivity contribution in [2.24, 2.45) is 5.73 Å². The molecule has 0 aliphatic rings. The Bertz CT molecular complexity index is 537. The fourth-order valence-corrected chi connectivity index (χ4v) is 2.58. The summed E-state index contributed by atoms with van der Waals surface area (Å²) in [6, 6.07) is 9.94. The lowest BCUT2D eigenvalue weighted by Crippen LogP contribution is -2.41. The molecule has 1 atom stereocenters. The largest absolute Gasteiger partial charge is 0.472 e. The highest BCUT2D eigenvalue weighted by atomic mass is 31.2. The Balaban J connectivity index is 2.30. The Morgan fingerprint density at radius 1 is 1.17 bits per heavy atom. The van der Waals surface area contributed by atoms with Crippen molar-refractivity contribution in [1.82, 2.24) is 0 Å². The molecule has 1 aromatic carbocycles. The van der Waals surface area contributed by atoms with Crippen molar-refractivity contribution in [2.75, 3.05) is 40.5 Å². The number of nitrogens with two attached hydrogens (primary N) is 1. The number of benzene rings is 1. The third-order valence-electron chi connectivity index (χ3n) is 2.99. The SMILES string of the molecule is C[N+](C)(CCOP(=O)(O)OCCOC(N)=O)Cc1ccccc1. The number of phosphoric acid groups is 1. The van der Waals surface area contributed by atoms with E-state index in [0.717, 1.165) is 6.54 Å². The summed E-state index contributed by atoms with van der Waals surface area (Å²) in [5.74, 6) is 0. The van der Waals surface area contributed by atoms with Gasteiger partial charge in [-0.3, -0.25) is 9.05 Å². The van der Waals surface area contributed by atoms with Gasteiger partial charge in [0.2, 0.25) is 0 Å². The topological polar surface area (TPSA) is 108 Å². The first-order valence-corrected chi connectivity index (χ1v) is 8.60. The number of hydrogen-bond donors (Lipinski definition) is 2. The highest BCUT2D eigenvalue weighted by Gasteiger charge is 2.23. The molecule has 0 spiro atoms. The van der Waals surface area contributed by atoms with Crippen LogP contribution < -0.4 is 5.73 Å². The second-order valence-electron chi connectivity index (χ2n) is 5.61. The number of carbonyl (C=O) groups is 1. The zero-order valence-electron chi connectivity index (χ0n) is 13.4. The van der Waals surface area contributed by atoms with E-state index in [1.807, 2.05) is 44.4 Å². The van der Waals surface area contributed by atoms with E-state index < -0.39 is 13.9 Å². The average molecular weight is 347 g/mol.